The molecule has 7 nitrogen and oxygen atoms in total. The summed E-state index contributed by atoms with van der Waals surface area (Å²) in [4.78, 5) is 23.3. The van der Waals surface area contributed by atoms with Gasteiger partial charge in [-0.15, -0.1) is 0 Å². The fraction of sp³-hybridized carbons (Fsp3) is 0.412. The monoisotopic (exact) mass is 366 g/mol. The Morgan fingerprint density at radius 2 is 1.76 bits per heavy atom. The molecule has 0 spiro atoms. The summed E-state index contributed by atoms with van der Waals surface area (Å²) in [6, 6.07) is 5.94. The number of amides is 1. The molecule has 0 atom stereocenters. The van der Waals surface area contributed by atoms with Gasteiger partial charge < -0.3 is 10.1 Å². The molecule has 0 unspecified atom stereocenters. The van der Waals surface area contributed by atoms with E-state index >= 15 is 0 Å². The van der Waals surface area contributed by atoms with E-state index in [9.17, 15) is 18.0 Å². The van der Waals surface area contributed by atoms with E-state index in [1.807, 2.05) is 0 Å². The van der Waals surface area contributed by atoms with Crippen molar-refractivity contribution in [3.05, 3.63) is 35.9 Å². The van der Waals surface area contributed by atoms with Crippen LogP contribution in [0, 0.1) is 0 Å². The SMILES string of the molecule is CC(C)=CC(=O)OCC(=O)Nc1ccc(S(=O)(=O)N2CCCC2)cc1. The molecule has 1 aliphatic rings. The van der Waals surface area contributed by atoms with Crippen molar-refractivity contribution in [2.75, 3.05) is 25.0 Å². The van der Waals surface area contributed by atoms with Crippen molar-refractivity contribution in [2.45, 2.75) is 31.6 Å². The third-order valence-corrected chi connectivity index (χ3v) is 5.51. The second-order valence-corrected chi connectivity index (χ2v) is 7.95. The number of benzene rings is 1. The number of allylic oxidation sites excluding steroid dienone is 1. The van der Waals surface area contributed by atoms with Gasteiger partial charge in [-0.3, -0.25) is 4.79 Å². The number of esters is 1. The molecule has 8 heteroatoms. The largest absolute Gasteiger partial charge is 0.452 e. The van der Waals surface area contributed by atoms with Crippen molar-refractivity contribution < 1.29 is 22.7 Å². The molecule has 1 aromatic rings. The van der Waals surface area contributed by atoms with Crippen molar-refractivity contribution in [2.24, 2.45) is 0 Å². The van der Waals surface area contributed by atoms with Crippen LogP contribution in [0.3, 0.4) is 0 Å². The summed E-state index contributed by atoms with van der Waals surface area (Å²) >= 11 is 0. The summed E-state index contributed by atoms with van der Waals surface area (Å²) in [7, 11) is -3.47. The van der Waals surface area contributed by atoms with Crippen LogP contribution in [0.1, 0.15) is 26.7 Å². The molecule has 0 aliphatic carbocycles. The van der Waals surface area contributed by atoms with E-state index in [1.165, 1.54) is 34.6 Å². The van der Waals surface area contributed by atoms with Gasteiger partial charge in [0, 0.05) is 24.9 Å². The first kappa shape index (κ1) is 19.1. The van der Waals surface area contributed by atoms with Crippen LogP contribution in [0.5, 0.6) is 0 Å². The highest BCUT2D eigenvalue weighted by molar-refractivity contribution is 7.89. The maximum Gasteiger partial charge on any atom is 0.331 e. The second-order valence-electron chi connectivity index (χ2n) is 6.01. The Bertz CT molecular complexity index is 759. The lowest BCUT2D eigenvalue weighted by Gasteiger charge is -2.15. The Morgan fingerprint density at radius 3 is 2.32 bits per heavy atom. The summed E-state index contributed by atoms with van der Waals surface area (Å²) in [5, 5.41) is 2.55. The molecule has 1 aromatic carbocycles. The number of hydrogen-bond acceptors (Lipinski definition) is 5. The van der Waals surface area contributed by atoms with Crippen LogP contribution in [-0.2, 0) is 24.3 Å². The molecule has 136 valence electrons. The van der Waals surface area contributed by atoms with Crippen LogP contribution >= 0.6 is 0 Å². The van der Waals surface area contributed by atoms with E-state index in [1.54, 1.807) is 13.8 Å². The highest BCUT2D eigenvalue weighted by atomic mass is 32.2. The summed E-state index contributed by atoms with van der Waals surface area (Å²) in [6.45, 7) is 4.17. The van der Waals surface area contributed by atoms with Crippen LogP contribution in [0.4, 0.5) is 5.69 Å². The maximum absolute atomic E-state index is 12.4. The van der Waals surface area contributed by atoms with Crippen molar-refractivity contribution in [3.8, 4) is 0 Å². The van der Waals surface area contributed by atoms with E-state index in [2.05, 4.69) is 5.32 Å². The lowest BCUT2D eigenvalue weighted by molar-refractivity contribution is -0.142. The summed E-state index contributed by atoms with van der Waals surface area (Å²) in [5.74, 6) is -1.08. The molecule has 1 saturated heterocycles. The predicted molar refractivity (Wildman–Crippen MR) is 93.5 cm³/mol. The lowest BCUT2D eigenvalue weighted by Crippen LogP contribution is -2.27. The maximum atomic E-state index is 12.4. The Morgan fingerprint density at radius 1 is 1.16 bits per heavy atom. The molecular weight excluding hydrogens is 344 g/mol. The number of anilines is 1. The average Bonchev–Trinajstić information content (AvgIpc) is 3.08. The van der Waals surface area contributed by atoms with Gasteiger partial charge in [0.2, 0.25) is 10.0 Å². The zero-order chi connectivity index (χ0) is 18.4. The van der Waals surface area contributed by atoms with Crippen LogP contribution < -0.4 is 5.32 Å². The number of nitrogens with one attached hydrogen (secondary N) is 1. The van der Waals surface area contributed by atoms with Crippen molar-refractivity contribution in [1.29, 1.82) is 0 Å². The minimum atomic E-state index is -3.47. The Hall–Kier alpha value is -2.19. The molecule has 1 N–H and O–H groups in total. The number of rotatable bonds is 6. The van der Waals surface area contributed by atoms with Gasteiger partial charge in [0.25, 0.3) is 5.91 Å². The number of ether oxygens (including phenoxy) is 1. The van der Waals surface area contributed by atoms with E-state index in [0.29, 0.717) is 18.8 Å². The van der Waals surface area contributed by atoms with Gasteiger partial charge in [-0.2, -0.15) is 4.31 Å². The number of carbonyl (C=O) groups excluding carboxylic acids is 2. The molecule has 0 bridgehead atoms. The van der Waals surface area contributed by atoms with Gasteiger partial charge in [-0.25, -0.2) is 13.2 Å². The van der Waals surface area contributed by atoms with Crippen LogP contribution in [-0.4, -0.2) is 44.3 Å². The first-order valence-corrected chi connectivity index (χ1v) is 9.45. The molecule has 1 heterocycles. The van der Waals surface area contributed by atoms with Gasteiger partial charge in [0.05, 0.1) is 4.90 Å². The van der Waals surface area contributed by atoms with E-state index in [0.717, 1.165) is 18.4 Å². The molecule has 0 aromatic heterocycles. The quantitative estimate of drug-likeness (QED) is 0.613. The highest BCUT2D eigenvalue weighted by Gasteiger charge is 2.26. The van der Waals surface area contributed by atoms with Gasteiger partial charge in [0.15, 0.2) is 6.61 Å². The third-order valence-electron chi connectivity index (χ3n) is 3.59. The van der Waals surface area contributed by atoms with Crippen molar-refractivity contribution >= 4 is 27.6 Å². The normalized spacial score (nSPS) is 14.8. The first-order chi connectivity index (χ1) is 11.8. The lowest BCUT2D eigenvalue weighted by atomic mass is 10.3. The predicted octanol–water partition coefficient (Wildman–Crippen LogP) is 1.92. The minimum Gasteiger partial charge on any atom is -0.452 e. The van der Waals surface area contributed by atoms with Crippen LogP contribution in [0.25, 0.3) is 0 Å². The highest BCUT2D eigenvalue weighted by Crippen LogP contribution is 2.22. The first-order valence-electron chi connectivity index (χ1n) is 8.01. The Balaban J connectivity index is 1.93. The molecule has 1 fully saturated rings. The third kappa shape index (κ3) is 5.40. The smallest absolute Gasteiger partial charge is 0.331 e. The van der Waals surface area contributed by atoms with Crippen LogP contribution in [0.2, 0.25) is 0 Å². The molecule has 1 amide bonds. The number of carbonyl (C=O) groups is 2. The number of nitrogens with zero attached hydrogens (tertiary/aromatic N) is 1. The zero-order valence-electron chi connectivity index (χ0n) is 14.3. The molecular formula is C17H22N2O5S. The molecule has 0 radical (unpaired) electrons. The zero-order valence-corrected chi connectivity index (χ0v) is 15.1. The van der Waals surface area contributed by atoms with E-state index in [4.69, 9.17) is 4.74 Å². The average molecular weight is 366 g/mol. The number of hydrogen-bond donors (Lipinski definition) is 1. The Kier molecular flexibility index (Phi) is 6.33. The molecule has 2 rings (SSSR count). The summed E-state index contributed by atoms with van der Waals surface area (Å²) < 4.78 is 31.1. The van der Waals surface area contributed by atoms with Crippen molar-refractivity contribution in [1.82, 2.24) is 4.31 Å². The van der Waals surface area contributed by atoms with E-state index in [-0.39, 0.29) is 4.90 Å². The van der Waals surface area contributed by atoms with Crippen molar-refractivity contribution in [3.63, 3.8) is 0 Å². The topological polar surface area (TPSA) is 92.8 Å². The summed E-state index contributed by atoms with van der Waals surface area (Å²) in [5.41, 5.74) is 1.21. The fourth-order valence-electron chi connectivity index (χ4n) is 2.40. The molecule has 1 aliphatic heterocycles. The fourth-order valence-corrected chi connectivity index (χ4v) is 3.92. The van der Waals surface area contributed by atoms with Gasteiger partial charge in [-0.05, 0) is 51.0 Å². The molecule has 0 saturated carbocycles. The van der Waals surface area contributed by atoms with Gasteiger partial charge >= 0.3 is 5.97 Å². The number of sulfonamides is 1. The van der Waals surface area contributed by atoms with Gasteiger partial charge in [0.1, 0.15) is 0 Å². The van der Waals surface area contributed by atoms with E-state index < -0.39 is 28.5 Å². The minimum absolute atomic E-state index is 0.197. The van der Waals surface area contributed by atoms with Gasteiger partial charge in [-0.1, -0.05) is 5.57 Å². The summed E-state index contributed by atoms with van der Waals surface area (Å²) in [6.07, 6.45) is 3.04. The molecule has 25 heavy (non-hydrogen) atoms. The standard InChI is InChI=1S/C17H22N2O5S/c1-13(2)11-17(21)24-12-16(20)18-14-5-7-15(8-6-14)25(22,23)19-9-3-4-10-19/h5-8,11H,3-4,9-10,12H2,1-2H3,(H,18,20). The Labute approximate surface area is 147 Å². The van der Waals surface area contributed by atoms with Crippen LogP contribution in [0.15, 0.2) is 40.8 Å². The second kappa shape index (κ2) is 8.26.